The van der Waals surface area contributed by atoms with Crippen molar-refractivity contribution >= 4 is 32.3 Å². The smallest absolute Gasteiger partial charge is 0.251 e. The Morgan fingerprint density at radius 1 is 1.12 bits per heavy atom. The van der Waals surface area contributed by atoms with Gasteiger partial charge in [0, 0.05) is 27.9 Å². The summed E-state index contributed by atoms with van der Waals surface area (Å²) in [6, 6.07) is 9.23. The summed E-state index contributed by atoms with van der Waals surface area (Å²) in [5.41, 5.74) is 3.38. The van der Waals surface area contributed by atoms with E-state index in [-0.39, 0.29) is 12.1 Å². The molecule has 2 N–H and O–H groups in total. The molecule has 5 nitrogen and oxygen atoms in total. The number of H-pyrrole nitrogens is 1. The monoisotopic (exact) mass is 376 g/mol. The summed E-state index contributed by atoms with van der Waals surface area (Å²) < 4.78 is 27.3. The third-order valence-electron chi connectivity index (χ3n) is 4.06. The third-order valence-corrected chi connectivity index (χ3v) is 7.01. The van der Waals surface area contributed by atoms with Gasteiger partial charge < -0.3 is 4.98 Å². The normalized spacial score (nSPS) is 12.0. The van der Waals surface area contributed by atoms with Gasteiger partial charge in [-0.15, -0.1) is 11.3 Å². The van der Waals surface area contributed by atoms with Gasteiger partial charge in [0.15, 0.2) is 0 Å². The van der Waals surface area contributed by atoms with Crippen molar-refractivity contribution in [2.45, 2.75) is 31.4 Å². The van der Waals surface area contributed by atoms with Crippen molar-refractivity contribution in [1.82, 2.24) is 9.71 Å². The van der Waals surface area contributed by atoms with Gasteiger partial charge in [0.25, 0.3) is 5.56 Å². The topological polar surface area (TPSA) is 79.0 Å². The Morgan fingerprint density at radius 3 is 2.56 bits per heavy atom. The molecular weight excluding hydrogens is 356 g/mol. The highest BCUT2D eigenvalue weighted by molar-refractivity contribution is 7.91. The molecule has 0 saturated carbocycles. The van der Waals surface area contributed by atoms with E-state index >= 15 is 0 Å². The van der Waals surface area contributed by atoms with Crippen LogP contribution in [0.5, 0.6) is 0 Å². The maximum atomic E-state index is 12.3. The minimum absolute atomic E-state index is 0.177. The van der Waals surface area contributed by atoms with Crippen LogP contribution in [0, 0.1) is 20.8 Å². The number of aromatic nitrogens is 1. The van der Waals surface area contributed by atoms with Gasteiger partial charge in [-0.25, -0.2) is 13.1 Å². The van der Waals surface area contributed by atoms with Crippen molar-refractivity contribution in [3.8, 4) is 0 Å². The second kappa shape index (κ2) is 6.74. The molecule has 0 fully saturated rings. The number of nitrogens with one attached hydrogen (secondary N) is 2. The summed E-state index contributed by atoms with van der Waals surface area (Å²) >= 11 is 1.23. The van der Waals surface area contributed by atoms with Crippen molar-refractivity contribution in [2.75, 3.05) is 6.54 Å². The Morgan fingerprint density at radius 2 is 1.88 bits per heavy atom. The Bertz CT molecular complexity index is 1100. The molecule has 3 rings (SSSR count). The lowest BCUT2D eigenvalue weighted by Crippen LogP contribution is -2.27. The van der Waals surface area contributed by atoms with Gasteiger partial charge >= 0.3 is 0 Å². The molecule has 0 saturated heterocycles. The highest BCUT2D eigenvalue weighted by Gasteiger charge is 2.16. The standard InChI is InChI=1S/C18H20N2O3S2/c1-11-8-12(2)15-10-14(18(21)20-16(15)9-11)6-7-19-25(22,23)17-5-4-13(3)24-17/h4-5,8-10,19H,6-7H2,1-3H3,(H,20,21). The molecule has 0 unspecified atom stereocenters. The number of fused-ring (bicyclic) bond motifs is 1. The SMILES string of the molecule is Cc1cc(C)c2cc(CCNS(=O)(=O)c3ccc(C)s3)c(=O)[nH]c2c1. The lowest BCUT2D eigenvalue weighted by molar-refractivity contribution is 0.583. The fraction of sp³-hybridized carbons (Fsp3) is 0.278. The number of hydrogen-bond acceptors (Lipinski definition) is 4. The average Bonchev–Trinajstić information content (AvgIpc) is 2.95. The summed E-state index contributed by atoms with van der Waals surface area (Å²) in [6.45, 7) is 6.03. The van der Waals surface area contributed by atoms with Crippen molar-refractivity contribution in [1.29, 1.82) is 0 Å². The molecule has 3 aromatic rings. The van der Waals surface area contributed by atoms with Crippen LogP contribution in [0.1, 0.15) is 21.6 Å². The summed E-state index contributed by atoms with van der Waals surface area (Å²) in [5, 5.41) is 0.983. The van der Waals surface area contributed by atoms with Gasteiger partial charge in [-0.3, -0.25) is 4.79 Å². The van der Waals surface area contributed by atoms with Gasteiger partial charge in [0.1, 0.15) is 4.21 Å². The molecule has 0 aliphatic carbocycles. The molecule has 25 heavy (non-hydrogen) atoms. The van der Waals surface area contributed by atoms with Crippen LogP contribution in [-0.4, -0.2) is 19.9 Å². The van der Waals surface area contributed by atoms with E-state index in [2.05, 4.69) is 15.8 Å². The highest BCUT2D eigenvalue weighted by Crippen LogP contribution is 2.21. The Kier molecular flexibility index (Phi) is 4.81. The first kappa shape index (κ1) is 17.8. The highest BCUT2D eigenvalue weighted by atomic mass is 32.2. The van der Waals surface area contributed by atoms with Gasteiger partial charge in [-0.1, -0.05) is 6.07 Å². The number of pyridine rings is 1. The second-order valence-corrected chi connectivity index (χ2v) is 9.46. The van der Waals surface area contributed by atoms with E-state index in [0.29, 0.717) is 16.2 Å². The largest absolute Gasteiger partial charge is 0.322 e. The van der Waals surface area contributed by atoms with Crippen LogP contribution in [0.4, 0.5) is 0 Å². The fourth-order valence-electron chi connectivity index (χ4n) is 2.85. The lowest BCUT2D eigenvalue weighted by atomic mass is 10.0. The van der Waals surface area contributed by atoms with Crippen LogP contribution < -0.4 is 10.3 Å². The van der Waals surface area contributed by atoms with Crippen LogP contribution in [0.3, 0.4) is 0 Å². The van der Waals surface area contributed by atoms with Crippen LogP contribution in [0.15, 0.2) is 39.3 Å². The van der Waals surface area contributed by atoms with E-state index in [0.717, 1.165) is 26.9 Å². The molecule has 7 heteroatoms. The molecule has 0 aliphatic rings. The maximum Gasteiger partial charge on any atom is 0.251 e. The molecule has 0 radical (unpaired) electrons. The quantitative estimate of drug-likeness (QED) is 0.718. The van der Waals surface area contributed by atoms with E-state index in [4.69, 9.17) is 0 Å². The number of thiophene rings is 1. The second-order valence-electron chi connectivity index (χ2n) is 6.18. The van der Waals surface area contributed by atoms with Gasteiger partial charge in [0.05, 0.1) is 0 Å². The van der Waals surface area contributed by atoms with Crippen molar-refractivity contribution in [3.05, 3.63) is 62.3 Å². The Labute approximate surface area is 150 Å². The maximum absolute atomic E-state index is 12.3. The van der Waals surface area contributed by atoms with E-state index in [1.807, 2.05) is 32.9 Å². The fourth-order valence-corrected chi connectivity index (χ4v) is 5.21. The first-order valence-electron chi connectivity index (χ1n) is 7.95. The molecule has 0 atom stereocenters. The van der Waals surface area contributed by atoms with Crippen LogP contribution in [0.25, 0.3) is 10.9 Å². The van der Waals surface area contributed by atoms with E-state index < -0.39 is 10.0 Å². The number of benzene rings is 1. The first-order valence-corrected chi connectivity index (χ1v) is 10.3. The van der Waals surface area contributed by atoms with Gasteiger partial charge in [-0.05, 0) is 62.6 Å². The van der Waals surface area contributed by atoms with Gasteiger partial charge in [0.2, 0.25) is 10.0 Å². The number of aryl methyl sites for hydroxylation is 3. The minimum atomic E-state index is -3.52. The van der Waals surface area contributed by atoms with Crippen LogP contribution in [-0.2, 0) is 16.4 Å². The molecule has 1 aromatic carbocycles. The predicted molar refractivity (Wildman–Crippen MR) is 102 cm³/mol. The zero-order valence-corrected chi connectivity index (χ0v) is 16.0. The van der Waals surface area contributed by atoms with Crippen molar-refractivity contribution in [3.63, 3.8) is 0 Å². The minimum Gasteiger partial charge on any atom is -0.322 e. The average molecular weight is 377 g/mol. The summed E-state index contributed by atoms with van der Waals surface area (Å²) in [4.78, 5) is 16.1. The molecule has 0 bridgehead atoms. The molecule has 0 spiro atoms. The van der Waals surface area contributed by atoms with Crippen LogP contribution >= 0.6 is 11.3 Å². The molecular formula is C18H20N2O3S2. The molecule has 2 heterocycles. The molecule has 0 aliphatic heterocycles. The first-order chi connectivity index (χ1) is 11.8. The van der Waals surface area contributed by atoms with E-state index in [9.17, 15) is 13.2 Å². The number of rotatable bonds is 5. The number of sulfonamides is 1. The third kappa shape index (κ3) is 3.84. The number of hydrogen-bond donors (Lipinski definition) is 2. The van der Waals surface area contributed by atoms with Crippen LogP contribution in [0.2, 0.25) is 0 Å². The Hall–Kier alpha value is -1.96. The number of aromatic amines is 1. The molecule has 132 valence electrons. The zero-order chi connectivity index (χ0) is 18.2. The van der Waals surface area contributed by atoms with E-state index in [1.165, 1.54) is 11.3 Å². The molecule has 0 amide bonds. The van der Waals surface area contributed by atoms with Crippen molar-refractivity contribution in [2.24, 2.45) is 0 Å². The Balaban J connectivity index is 1.79. The lowest BCUT2D eigenvalue weighted by Gasteiger charge is -2.08. The summed E-state index contributed by atoms with van der Waals surface area (Å²) in [5.74, 6) is 0. The molecule has 2 aromatic heterocycles. The van der Waals surface area contributed by atoms with Gasteiger partial charge in [-0.2, -0.15) is 0 Å². The van der Waals surface area contributed by atoms with E-state index in [1.54, 1.807) is 12.1 Å². The van der Waals surface area contributed by atoms with Crippen molar-refractivity contribution < 1.29 is 8.42 Å². The summed E-state index contributed by atoms with van der Waals surface area (Å²) in [7, 11) is -3.52. The zero-order valence-electron chi connectivity index (χ0n) is 14.3. The predicted octanol–water partition coefficient (Wildman–Crippen LogP) is 3.04. The summed E-state index contributed by atoms with van der Waals surface area (Å²) in [6.07, 6.45) is 0.335.